The first-order valence-electron chi connectivity index (χ1n) is 6.85. The lowest BCUT2D eigenvalue weighted by Crippen LogP contribution is -2.21. The van der Waals surface area contributed by atoms with Crippen molar-refractivity contribution in [3.8, 4) is 0 Å². The summed E-state index contributed by atoms with van der Waals surface area (Å²) in [6, 6.07) is 17.1. The zero-order chi connectivity index (χ0) is 20.0. The summed E-state index contributed by atoms with van der Waals surface area (Å²) in [5.74, 6) is 0.919. The fourth-order valence-electron chi connectivity index (χ4n) is 1.70. The summed E-state index contributed by atoms with van der Waals surface area (Å²) in [5, 5.41) is 10.6. The van der Waals surface area contributed by atoms with Gasteiger partial charge in [0.25, 0.3) is 5.69 Å². The maximum atomic E-state index is 10.7. The van der Waals surface area contributed by atoms with E-state index < -0.39 is 15.6 Å². The van der Waals surface area contributed by atoms with Crippen LogP contribution >= 0.6 is 0 Å². The first kappa shape index (κ1) is 21.9. The molecule has 0 N–H and O–H groups in total. The lowest BCUT2D eigenvalue weighted by atomic mass is 10.2. The number of nitro benzene ring substituents is 1. The van der Waals surface area contributed by atoms with E-state index in [0.717, 1.165) is 11.3 Å². The zero-order valence-corrected chi connectivity index (χ0v) is 15.0. The Labute approximate surface area is 150 Å². The van der Waals surface area contributed by atoms with Crippen LogP contribution in [0.3, 0.4) is 0 Å². The smallest absolute Gasteiger partial charge is 0.485 e. The molecule has 0 heterocycles. The first-order valence-corrected chi connectivity index (χ1v) is 10.1. The summed E-state index contributed by atoms with van der Waals surface area (Å²) in [4.78, 5) is 11.5. The predicted octanol–water partition coefficient (Wildman–Crippen LogP) is 3.45. The second kappa shape index (κ2) is 9.01. The Balaban J connectivity index is 0.000000359. The Morgan fingerprint density at radius 2 is 1.50 bits per heavy atom. The highest BCUT2D eigenvalue weighted by molar-refractivity contribution is 7.95. The van der Waals surface area contributed by atoms with Crippen LogP contribution in [0, 0.1) is 10.1 Å². The van der Waals surface area contributed by atoms with Gasteiger partial charge in [0.05, 0.1) is 4.92 Å². The van der Waals surface area contributed by atoms with Crippen LogP contribution in [0.5, 0.6) is 0 Å². The molecule has 0 aliphatic heterocycles. The van der Waals surface area contributed by atoms with Crippen molar-refractivity contribution in [3.05, 3.63) is 70.3 Å². The fourth-order valence-corrected chi connectivity index (χ4v) is 3.18. The van der Waals surface area contributed by atoms with Crippen LogP contribution in [0.25, 0.3) is 0 Å². The molecular formula is C15H14F3NO5S2. The molecule has 0 amide bonds. The Morgan fingerprint density at radius 3 is 1.88 bits per heavy atom. The Kier molecular flexibility index (Phi) is 7.60. The number of non-ortho nitro benzene ring substituents is 1. The van der Waals surface area contributed by atoms with E-state index in [0.29, 0.717) is 0 Å². The second-order valence-corrected chi connectivity index (χ2v) is 8.32. The van der Waals surface area contributed by atoms with Gasteiger partial charge in [-0.05, 0) is 24.3 Å². The Morgan fingerprint density at radius 1 is 1.04 bits per heavy atom. The van der Waals surface area contributed by atoms with E-state index in [1.54, 1.807) is 12.1 Å². The van der Waals surface area contributed by atoms with Crippen LogP contribution in [0.2, 0.25) is 0 Å². The van der Waals surface area contributed by atoms with E-state index in [-0.39, 0.29) is 21.5 Å². The van der Waals surface area contributed by atoms with Gasteiger partial charge in [0.1, 0.15) is 12.0 Å². The molecule has 0 saturated heterocycles. The Bertz CT molecular complexity index is 825. The largest absolute Gasteiger partial charge is 0.741 e. The minimum Gasteiger partial charge on any atom is -0.741 e. The molecule has 0 saturated carbocycles. The molecule has 0 fully saturated rings. The summed E-state index contributed by atoms with van der Waals surface area (Å²) in [6.07, 6.45) is 2.19. The van der Waals surface area contributed by atoms with E-state index in [1.807, 2.05) is 30.3 Å². The van der Waals surface area contributed by atoms with Crippen molar-refractivity contribution in [2.75, 3.05) is 6.26 Å². The highest BCUT2D eigenvalue weighted by atomic mass is 32.2. The molecule has 0 aromatic heterocycles. The topological polar surface area (TPSA) is 100 Å². The van der Waals surface area contributed by atoms with Gasteiger partial charge < -0.3 is 4.55 Å². The maximum Gasteiger partial charge on any atom is 0.485 e. The van der Waals surface area contributed by atoms with Gasteiger partial charge in [-0.25, -0.2) is 8.42 Å². The van der Waals surface area contributed by atoms with Crippen LogP contribution in [0.4, 0.5) is 18.9 Å². The average Bonchev–Trinajstić information content (AvgIpc) is 2.55. The van der Waals surface area contributed by atoms with Crippen molar-refractivity contribution in [2.24, 2.45) is 0 Å². The molecule has 2 aromatic rings. The van der Waals surface area contributed by atoms with Gasteiger partial charge in [-0.3, -0.25) is 10.1 Å². The van der Waals surface area contributed by atoms with Crippen molar-refractivity contribution in [1.29, 1.82) is 0 Å². The third-order valence-electron chi connectivity index (χ3n) is 2.96. The molecule has 26 heavy (non-hydrogen) atoms. The lowest BCUT2D eigenvalue weighted by molar-refractivity contribution is -0.384. The van der Waals surface area contributed by atoms with E-state index in [4.69, 9.17) is 13.0 Å². The number of rotatable bonds is 4. The highest BCUT2D eigenvalue weighted by Crippen LogP contribution is 2.20. The number of hydrogen-bond donors (Lipinski definition) is 0. The standard InChI is InChI=1S/C14H14NO2S.CHF3O3S/c1-18(14-5-3-2-4-6-14)11-12-7-9-13(10-8-12)15(16)17;2-1(3,4)8(5,6)7/h2-10H,11H2,1H3;(H,5,6,7)/q+1;/p-1. The van der Waals surface area contributed by atoms with Gasteiger partial charge in [0.15, 0.2) is 15.0 Å². The maximum absolute atomic E-state index is 10.7. The van der Waals surface area contributed by atoms with Crippen LogP contribution in [0.1, 0.15) is 5.56 Å². The van der Waals surface area contributed by atoms with Gasteiger partial charge >= 0.3 is 5.51 Å². The van der Waals surface area contributed by atoms with Crippen molar-refractivity contribution in [3.63, 3.8) is 0 Å². The monoisotopic (exact) mass is 409 g/mol. The normalized spacial score (nSPS) is 12.7. The lowest BCUT2D eigenvalue weighted by Gasteiger charge is -2.08. The summed E-state index contributed by atoms with van der Waals surface area (Å²) >= 11 is 0. The second-order valence-electron chi connectivity index (χ2n) is 4.92. The molecule has 142 valence electrons. The van der Waals surface area contributed by atoms with Crippen molar-refractivity contribution in [1.82, 2.24) is 0 Å². The van der Waals surface area contributed by atoms with Gasteiger partial charge in [0.2, 0.25) is 0 Å². The molecule has 0 aliphatic rings. The third-order valence-corrected chi connectivity index (χ3v) is 5.37. The summed E-state index contributed by atoms with van der Waals surface area (Å²) in [6.45, 7) is 0. The Hall–Kier alpha value is -2.11. The van der Waals surface area contributed by atoms with E-state index in [9.17, 15) is 23.3 Å². The molecule has 6 nitrogen and oxygen atoms in total. The predicted molar refractivity (Wildman–Crippen MR) is 90.5 cm³/mol. The van der Waals surface area contributed by atoms with Crippen molar-refractivity contribution >= 4 is 26.7 Å². The van der Waals surface area contributed by atoms with Crippen LogP contribution in [-0.4, -0.2) is 29.7 Å². The van der Waals surface area contributed by atoms with Gasteiger partial charge in [-0.15, -0.1) is 0 Å². The summed E-state index contributed by atoms with van der Waals surface area (Å²) in [7, 11) is -5.96. The molecule has 1 atom stereocenters. The molecule has 0 aliphatic carbocycles. The van der Waals surface area contributed by atoms with Crippen LogP contribution in [0.15, 0.2) is 59.5 Å². The molecule has 1 unspecified atom stereocenters. The van der Waals surface area contributed by atoms with Crippen LogP contribution in [-0.2, 0) is 26.8 Å². The minimum atomic E-state index is -6.09. The molecule has 2 aromatic carbocycles. The SMILES string of the molecule is C[S+](Cc1ccc([N+](=O)[O-])cc1)c1ccccc1.O=S(=O)([O-])C(F)(F)F. The number of nitrogens with zero attached hydrogens (tertiary/aromatic N) is 1. The first-order chi connectivity index (χ1) is 11.9. The zero-order valence-electron chi connectivity index (χ0n) is 13.3. The summed E-state index contributed by atoms with van der Waals surface area (Å²) in [5.41, 5.74) is -4.36. The van der Waals surface area contributed by atoms with Gasteiger partial charge in [-0.2, -0.15) is 13.2 Å². The average molecular weight is 409 g/mol. The van der Waals surface area contributed by atoms with E-state index >= 15 is 0 Å². The van der Waals surface area contributed by atoms with Crippen molar-refractivity contribution in [2.45, 2.75) is 16.2 Å². The molecule has 0 spiro atoms. The van der Waals surface area contributed by atoms with Crippen molar-refractivity contribution < 1.29 is 31.1 Å². The number of alkyl halides is 3. The number of halogens is 3. The molecule has 0 radical (unpaired) electrons. The number of nitro groups is 1. The van der Waals surface area contributed by atoms with Gasteiger partial charge in [-0.1, -0.05) is 18.2 Å². The highest BCUT2D eigenvalue weighted by Gasteiger charge is 2.36. The number of hydrogen-bond acceptors (Lipinski definition) is 5. The third kappa shape index (κ3) is 7.02. The van der Waals surface area contributed by atoms with E-state index in [2.05, 4.69) is 18.4 Å². The molecule has 11 heteroatoms. The molecule has 0 bridgehead atoms. The van der Waals surface area contributed by atoms with Crippen LogP contribution < -0.4 is 0 Å². The molecule has 2 rings (SSSR count). The summed E-state index contributed by atoms with van der Waals surface area (Å²) < 4.78 is 58.9. The minimum absolute atomic E-state index is 0.128. The quantitative estimate of drug-likeness (QED) is 0.253. The van der Waals surface area contributed by atoms with E-state index in [1.165, 1.54) is 4.90 Å². The fraction of sp³-hybridized carbons (Fsp3) is 0.200. The van der Waals surface area contributed by atoms with Gasteiger partial charge in [0, 0.05) is 28.6 Å². The molecular weight excluding hydrogens is 395 g/mol. The number of benzene rings is 2.